The van der Waals surface area contributed by atoms with Crippen LogP contribution in [0, 0.1) is 0 Å². The molecule has 1 rings (SSSR count). The maximum absolute atomic E-state index is 4.05. The van der Waals surface area contributed by atoms with E-state index in [-0.39, 0.29) is 0 Å². The van der Waals surface area contributed by atoms with Crippen LogP contribution in [-0.2, 0) is 0 Å². The van der Waals surface area contributed by atoms with Crippen LogP contribution in [0.25, 0.3) is 5.57 Å². The van der Waals surface area contributed by atoms with Gasteiger partial charge in [0.05, 0.1) is 0 Å². The Balaban J connectivity index is 2.29. The second-order valence-corrected chi connectivity index (χ2v) is 4.12. The molecule has 0 aliphatic heterocycles. The fraction of sp³-hybridized carbons (Fsp3) is 0.333. The Hall–Kier alpha value is -0.730. The van der Waals surface area contributed by atoms with Crippen molar-refractivity contribution >= 4 is 17.3 Å². The van der Waals surface area contributed by atoms with Crippen LogP contribution in [0.15, 0.2) is 36.9 Å². The molecule has 0 unspecified atom stereocenters. The van der Waals surface area contributed by atoms with Crippen LogP contribution < -0.4 is 5.32 Å². The molecule has 0 saturated carbocycles. The highest BCUT2D eigenvalue weighted by Gasteiger charge is 1.96. The largest absolute Gasteiger partial charge is 0.312 e. The van der Waals surface area contributed by atoms with Gasteiger partial charge in [-0.25, -0.2) is 0 Å². The first kappa shape index (κ1) is 11.3. The number of hydrogen-bond donors (Lipinski definition) is 1. The summed E-state index contributed by atoms with van der Waals surface area (Å²) < 4.78 is 0. The molecule has 1 aromatic carbocycles. The molecule has 0 bridgehead atoms. The Labute approximate surface area is 90.6 Å². The van der Waals surface area contributed by atoms with Crippen LogP contribution in [0.4, 0.5) is 0 Å². The van der Waals surface area contributed by atoms with Gasteiger partial charge < -0.3 is 5.32 Å². The van der Waals surface area contributed by atoms with Gasteiger partial charge in [-0.3, -0.25) is 0 Å². The van der Waals surface area contributed by atoms with Crippen LogP contribution in [-0.4, -0.2) is 25.1 Å². The third-order valence-corrected chi connectivity index (χ3v) is 2.62. The van der Waals surface area contributed by atoms with E-state index in [1.165, 1.54) is 5.56 Å². The van der Waals surface area contributed by atoms with Crippen molar-refractivity contribution in [3.05, 3.63) is 42.5 Å². The summed E-state index contributed by atoms with van der Waals surface area (Å²) in [5, 5.41) is 3.36. The quantitative estimate of drug-likeness (QED) is 0.720. The molecule has 0 amide bonds. The molecule has 0 saturated heterocycles. The third kappa shape index (κ3) is 3.99. The van der Waals surface area contributed by atoms with Gasteiger partial charge in [0.2, 0.25) is 0 Å². The van der Waals surface area contributed by atoms with Crippen LogP contribution in [0.1, 0.15) is 5.56 Å². The zero-order valence-electron chi connectivity index (χ0n) is 8.62. The minimum Gasteiger partial charge on any atom is -0.312 e. The Morgan fingerprint density at radius 3 is 2.71 bits per heavy atom. The first-order valence-corrected chi connectivity index (χ1v) is 6.17. The van der Waals surface area contributed by atoms with Gasteiger partial charge in [-0.2, -0.15) is 11.8 Å². The van der Waals surface area contributed by atoms with Gasteiger partial charge in [-0.15, -0.1) is 0 Å². The Morgan fingerprint density at radius 1 is 1.36 bits per heavy atom. The lowest BCUT2D eigenvalue weighted by Gasteiger charge is -2.06. The lowest BCUT2D eigenvalue weighted by molar-refractivity contribution is 0.816. The van der Waals surface area contributed by atoms with E-state index in [2.05, 4.69) is 30.3 Å². The molecular weight excluding hydrogens is 190 g/mol. The molecule has 1 nitrogen and oxygen atoms in total. The van der Waals surface area contributed by atoms with Crippen LogP contribution in [0.3, 0.4) is 0 Å². The predicted octanol–water partition coefficient (Wildman–Crippen LogP) is 2.65. The summed E-state index contributed by atoms with van der Waals surface area (Å²) in [5.74, 6) is 1.15. The Bertz CT molecular complexity index is 269. The average molecular weight is 207 g/mol. The van der Waals surface area contributed by atoms with Gasteiger partial charge in [0, 0.05) is 18.8 Å². The van der Waals surface area contributed by atoms with Crippen LogP contribution in [0.5, 0.6) is 0 Å². The summed E-state index contributed by atoms with van der Waals surface area (Å²) in [4.78, 5) is 0. The molecule has 0 atom stereocenters. The molecule has 14 heavy (non-hydrogen) atoms. The number of nitrogens with one attached hydrogen (secondary N) is 1. The number of benzene rings is 1. The molecule has 0 aromatic heterocycles. The van der Waals surface area contributed by atoms with E-state index in [4.69, 9.17) is 0 Å². The van der Waals surface area contributed by atoms with E-state index < -0.39 is 0 Å². The zero-order valence-corrected chi connectivity index (χ0v) is 9.44. The maximum atomic E-state index is 4.05. The monoisotopic (exact) mass is 207 g/mol. The predicted molar refractivity (Wildman–Crippen MR) is 66.7 cm³/mol. The standard InChI is InChI=1S/C12H17NS/c1-11(10-13-8-9-14-2)12-6-4-3-5-7-12/h3-7,13H,1,8-10H2,2H3. The molecule has 1 aromatic rings. The van der Waals surface area contributed by atoms with Crippen molar-refractivity contribution in [1.29, 1.82) is 0 Å². The van der Waals surface area contributed by atoms with E-state index in [0.717, 1.165) is 24.4 Å². The molecule has 0 spiro atoms. The van der Waals surface area contributed by atoms with Gasteiger partial charge in [-0.1, -0.05) is 36.9 Å². The van der Waals surface area contributed by atoms with E-state index in [1.54, 1.807) is 0 Å². The van der Waals surface area contributed by atoms with Gasteiger partial charge in [0.1, 0.15) is 0 Å². The van der Waals surface area contributed by atoms with Crippen molar-refractivity contribution in [2.24, 2.45) is 0 Å². The van der Waals surface area contributed by atoms with Crippen molar-refractivity contribution in [1.82, 2.24) is 5.32 Å². The molecule has 0 aliphatic carbocycles. The van der Waals surface area contributed by atoms with Crippen molar-refractivity contribution in [3.8, 4) is 0 Å². The SMILES string of the molecule is C=C(CNCCSC)c1ccccc1. The first-order valence-electron chi connectivity index (χ1n) is 4.77. The highest BCUT2D eigenvalue weighted by Crippen LogP contribution is 2.09. The van der Waals surface area contributed by atoms with E-state index in [0.29, 0.717) is 0 Å². The number of hydrogen-bond acceptors (Lipinski definition) is 2. The van der Waals surface area contributed by atoms with Gasteiger partial charge in [0.15, 0.2) is 0 Å². The summed E-state index contributed by atoms with van der Waals surface area (Å²) in [6, 6.07) is 10.3. The smallest absolute Gasteiger partial charge is 0.0205 e. The van der Waals surface area contributed by atoms with Gasteiger partial charge >= 0.3 is 0 Å². The topological polar surface area (TPSA) is 12.0 Å². The summed E-state index contributed by atoms with van der Waals surface area (Å²) in [7, 11) is 0. The lowest BCUT2D eigenvalue weighted by Crippen LogP contribution is -2.19. The van der Waals surface area contributed by atoms with E-state index >= 15 is 0 Å². The van der Waals surface area contributed by atoms with Crippen molar-refractivity contribution in [2.75, 3.05) is 25.1 Å². The summed E-state index contributed by atoms with van der Waals surface area (Å²) in [6.07, 6.45) is 2.12. The van der Waals surface area contributed by atoms with Crippen molar-refractivity contribution in [3.63, 3.8) is 0 Å². The summed E-state index contributed by atoms with van der Waals surface area (Å²) >= 11 is 1.86. The minimum atomic E-state index is 0.880. The average Bonchev–Trinajstić information content (AvgIpc) is 2.25. The molecule has 0 aliphatic rings. The van der Waals surface area contributed by atoms with Gasteiger partial charge in [0.25, 0.3) is 0 Å². The van der Waals surface area contributed by atoms with Crippen molar-refractivity contribution < 1.29 is 0 Å². The van der Waals surface area contributed by atoms with Gasteiger partial charge in [-0.05, 0) is 17.4 Å². The second-order valence-electron chi connectivity index (χ2n) is 3.14. The Kier molecular flexibility index (Phi) is 5.42. The zero-order chi connectivity index (χ0) is 10.2. The molecular formula is C12H17NS. The second kappa shape index (κ2) is 6.68. The molecule has 76 valence electrons. The van der Waals surface area contributed by atoms with E-state index in [9.17, 15) is 0 Å². The Morgan fingerprint density at radius 2 is 2.07 bits per heavy atom. The molecule has 0 fully saturated rings. The highest BCUT2D eigenvalue weighted by molar-refractivity contribution is 7.98. The normalized spacial score (nSPS) is 10.1. The number of thioether (sulfide) groups is 1. The fourth-order valence-corrected chi connectivity index (χ4v) is 1.54. The third-order valence-electron chi connectivity index (χ3n) is 2.00. The molecule has 1 N–H and O–H groups in total. The summed E-state index contributed by atoms with van der Waals surface area (Å²) in [5.41, 5.74) is 2.39. The van der Waals surface area contributed by atoms with Crippen LogP contribution in [0.2, 0.25) is 0 Å². The molecule has 0 radical (unpaired) electrons. The lowest BCUT2D eigenvalue weighted by atomic mass is 10.1. The fourth-order valence-electron chi connectivity index (χ4n) is 1.19. The first-order chi connectivity index (χ1) is 6.84. The van der Waals surface area contributed by atoms with E-state index in [1.807, 2.05) is 30.0 Å². The molecule has 2 heteroatoms. The maximum Gasteiger partial charge on any atom is 0.0205 e. The highest BCUT2D eigenvalue weighted by atomic mass is 32.2. The van der Waals surface area contributed by atoms with Crippen molar-refractivity contribution in [2.45, 2.75) is 0 Å². The minimum absolute atomic E-state index is 0.880. The van der Waals surface area contributed by atoms with Crippen LogP contribution >= 0.6 is 11.8 Å². The number of rotatable bonds is 6. The molecule has 0 heterocycles. The summed E-state index contributed by atoms with van der Waals surface area (Å²) in [6.45, 7) is 5.98.